The zero-order chi connectivity index (χ0) is 35.3. The summed E-state index contributed by atoms with van der Waals surface area (Å²) in [5.74, 6) is -2.05. The highest BCUT2D eigenvalue weighted by molar-refractivity contribution is 7.87. The highest BCUT2D eigenvalue weighted by Crippen LogP contribution is 2.26. The van der Waals surface area contributed by atoms with Gasteiger partial charge in [-0.2, -0.15) is 22.4 Å². The quantitative estimate of drug-likeness (QED) is 0.198. The number of carboxylic acid groups (broad SMARTS) is 1. The molecule has 1 amide bonds. The van der Waals surface area contributed by atoms with Crippen LogP contribution in [0.15, 0.2) is 71.3 Å². The molecule has 15 heteroatoms. The number of benzene rings is 3. The maximum absolute atomic E-state index is 15.3. The normalized spacial score (nSPS) is 15.1. The minimum Gasteiger partial charge on any atom is -0.480 e. The van der Waals surface area contributed by atoms with Crippen LogP contribution in [0.5, 0.6) is 0 Å². The molecule has 1 saturated heterocycles. The van der Waals surface area contributed by atoms with Gasteiger partial charge in [-0.25, -0.2) is 9.18 Å². The smallest absolute Gasteiger partial charge is 0.412 e. The van der Waals surface area contributed by atoms with E-state index in [1.807, 2.05) is 25.1 Å². The lowest BCUT2D eigenvalue weighted by Crippen LogP contribution is -2.55. The van der Waals surface area contributed by atoms with Crippen LogP contribution >= 0.6 is 0 Å². The van der Waals surface area contributed by atoms with Crippen molar-refractivity contribution in [2.24, 2.45) is 0 Å². The number of amides is 1. The van der Waals surface area contributed by atoms with E-state index in [0.717, 1.165) is 17.2 Å². The Hall–Kier alpha value is -4.70. The molecule has 0 saturated carbocycles. The molecule has 5 rings (SSSR count). The maximum atomic E-state index is 15.3. The lowest BCUT2D eigenvalue weighted by atomic mass is 10.0. The molecule has 4 aromatic rings. The fourth-order valence-corrected chi connectivity index (χ4v) is 6.64. The summed E-state index contributed by atoms with van der Waals surface area (Å²) in [4.78, 5) is 30.5. The molecule has 3 N–H and O–H groups in total. The molecule has 0 radical (unpaired) electrons. The number of aryl methyl sites for hydroxylation is 1. The third-order valence-electron chi connectivity index (χ3n) is 7.67. The Morgan fingerprint density at radius 2 is 1.73 bits per heavy atom. The number of ether oxygens (including phenoxy) is 1. The van der Waals surface area contributed by atoms with Crippen molar-refractivity contribution in [3.63, 3.8) is 0 Å². The molecule has 1 fully saturated rings. The van der Waals surface area contributed by atoms with Crippen LogP contribution in [-0.2, 0) is 32.7 Å². The molecular weight excluding hydrogens is 655 g/mol. The van der Waals surface area contributed by atoms with E-state index in [1.54, 1.807) is 45.0 Å². The number of halogens is 1. The molecule has 13 nitrogen and oxygen atoms in total. The number of nitrogens with one attached hydrogen (secondary N) is 2. The first-order valence-corrected chi connectivity index (χ1v) is 17.1. The first kappa shape index (κ1) is 35.6. The number of aromatic nitrogens is 2. The van der Waals surface area contributed by atoms with E-state index in [4.69, 9.17) is 9.26 Å². The third-order valence-corrected chi connectivity index (χ3v) is 9.29. The predicted octanol–water partition coefficient (Wildman–Crippen LogP) is 4.85. The van der Waals surface area contributed by atoms with Crippen LogP contribution in [0.4, 0.5) is 14.9 Å². The SMILES string of the molecule is Cc1cccc(CN2CCN(S(=O)(=O)NC(Cc3ccc(-c4noc(-c5ccc(NC(=O)OC(C)(C)C)cc5)n4)c(F)c3)C(=O)O)CC2)c1. The highest BCUT2D eigenvalue weighted by atomic mass is 32.2. The largest absolute Gasteiger partial charge is 0.480 e. The number of carboxylic acids is 1. The van der Waals surface area contributed by atoms with E-state index >= 15 is 4.39 Å². The average molecular weight is 695 g/mol. The van der Waals surface area contributed by atoms with E-state index < -0.39 is 39.7 Å². The fourth-order valence-electron chi connectivity index (χ4n) is 5.30. The first-order valence-electron chi connectivity index (χ1n) is 15.7. The van der Waals surface area contributed by atoms with Crippen molar-refractivity contribution in [1.29, 1.82) is 0 Å². The number of aliphatic carboxylic acids is 1. The molecule has 0 bridgehead atoms. The summed E-state index contributed by atoms with van der Waals surface area (Å²) < 4.78 is 55.6. The van der Waals surface area contributed by atoms with Gasteiger partial charge in [-0.15, -0.1) is 0 Å². The van der Waals surface area contributed by atoms with Crippen LogP contribution in [0, 0.1) is 12.7 Å². The Labute approximate surface area is 284 Å². The Morgan fingerprint density at radius 1 is 1.02 bits per heavy atom. The second kappa shape index (κ2) is 14.8. The first-order chi connectivity index (χ1) is 23.1. The molecule has 1 aliphatic rings. The Balaban J connectivity index is 1.19. The number of rotatable bonds is 11. The van der Waals surface area contributed by atoms with Crippen molar-refractivity contribution in [3.8, 4) is 22.8 Å². The van der Waals surface area contributed by atoms with E-state index in [2.05, 4.69) is 31.1 Å². The maximum Gasteiger partial charge on any atom is 0.412 e. The van der Waals surface area contributed by atoms with E-state index in [0.29, 0.717) is 30.9 Å². The molecular formula is C34H39FN6O7S. The van der Waals surface area contributed by atoms with Gasteiger partial charge in [-0.05, 0) is 81.6 Å². The van der Waals surface area contributed by atoms with Crippen molar-refractivity contribution in [2.75, 3.05) is 31.5 Å². The van der Waals surface area contributed by atoms with E-state index in [1.165, 1.54) is 16.4 Å². The van der Waals surface area contributed by atoms with Crippen LogP contribution in [-0.4, -0.2) is 82.8 Å². The highest BCUT2D eigenvalue weighted by Gasteiger charge is 2.32. The van der Waals surface area contributed by atoms with Crippen molar-refractivity contribution < 1.29 is 36.8 Å². The van der Waals surface area contributed by atoms with Crippen molar-refractivity contribution >= 4 is 28.0 Å². The minimum atomic E-state index is -4.13. The summed E-state index contributed by atoms with van der Waals surface area (Å²) in [5.41, 5.74) is 2.92. The summed E-state index contributed by atoms with van der Waals surface area (Å²) in [6.07, 6.45) is -0.894. The van der Waals surface area contributed by atoms with Crippen LogP contribution in [0.2, 0.25) is 0 Å². The van der Waals surface area contributed by atoms with Gasteiger partial charge < -0.3 is 14.4 Å². The Morgan fingerprint density at radius 3 is 2.37 bits per heavy atom. The van der Waals surface area contributed by atoms with Gasteiger partial charge in [0.05, 0.1) is 5.56 Å². The number of nitrogens with zero attached hydrogens (tertiary/aromatic N) is 4. The predicted molar refractivity (Wildman–Crippen MR) is 180 cm³/mol. The summed E-state index contributed by atoms with van der Waals surface area (Å²) in [6, 6.07) is 17.1. The summed E-state index contributed by atoms with van der Waals surface area (Å²) >= 11 is 0. The lowest BCUT2D eigenvalue weighted by Gasteiger charge is -2.34. The van der Waals surface area contributed by atoms with E-state index in [-0.39, 0.29) is 42.4 Å². The van der Waals surface area contributed by atoms with Gasteiger partial charge in [0.15, 0.2) is 0 Å². The van der Waals surface area contributed by atoms with Crippen LogP contribution in [0.1, 0.15) is 37.5 Å². The molecule has 0 aliphatic carbocycles. The van der Waals surface area contributed by atoms with Crippen LogP contribution in [0.3, 0.4) is 0 Å². The average Bonchev–Trinajstić information content (AvgIpc) is 3.50. The van der Waals surface area contributed by atoms with Gasteiger partial charge in [0, 0.05) is 44.0 Å². The molecule has 1 aliphatic heterocycles. The number of hydrogen-bond donors (Lipinski definition) is 3. The third kappa shape index (κ3) is 9.69. The number of hydrogen-bond acceptors (Lipinski definition) is 9. The van der Waals surface area contributed by atoms with Gasteiger partial charge in [-0.1, -0.05) is 41.1 Å². The Kier molecular flexibility index (Phi) is 10.8. The van der Waals surface area contributed by atoms with Crippen molar-refractivity contribution in [1.82, 2.24) is 24.1 Å². The van der Waals surface area contributed by atoms with Crippen LogP contribution < -0.4 is 10.0 Å². The molecule has 0 spiro atoms. The summed E-state index contributed by atoms with van der Waals surface area (Å²) in [7, 11) is -4.13. The summed E-state index contributed by atoms with van der Waals surface area (Å²) in [6.45, 7) is 9.38. The molecule has 49 heavy (non-hydrogen) atoms. The van der Waals surface area contributed by atoms with Gasteiger partial charge in [0.25, 0.3) is 16.1 Å². The molecule has 260 valence electrons. The molecule has 3 aromatic carbocycles. The number of carbonyl (C=O) groups excluding carboxylic acids is 1. The van der Waals surface area contributed by atoms with Crippen LogP contribution in [0.25, 0.3) is 22.8 Å². The second-order valence-corrected chi connectivity index (χ2v) is 14.5. The second-order valence-electron chi connectivity index (χ2n) is 12.8. The van der Waals surface area contributed by atoms with Gasteiger partial charge >= 0.3 is 12.1 Å². The standard InChI is InChI=1S/C34H39FN6O7S/c1-22-6-5-7-24(18-22)21-40-14-16-41(17-15-40)49(45,46)39-29(32(42)43)20-23-8-13-27(28(35)19-23)30-37-31(48-38-30)25-9-11-26(12-10-25)36-33(44)47-34(2,3)4/h5-13,18-19,29,39H,14-17,20-21H2,1-4H3,(H,36,44)(H,42,43). The lowest BCUT2D eigenvalue weighted by molar-refractivity contribution is -0.139. The van der Waals surface area contributed by atoms with Crippen molar-refractivity contribution in [2.45, 2.75) is 52.3 Å². The zero-order valence-corrected chi connectivity index (χ0v) is 28.5. The molecule has 1 unspecified atom stereocenters. The van der Waals surface area contributed by atoms with E-state index in [9.17, 15) is 23.1 Å². The molecule has 1 aromatic heterocycles. The number of piperazine rings is 1. The monoisotopic (exact) mass is 694 g/mol. The van der Waals surface area contributed by atoms with Crippen molar-refractivity contribution in [3.05, 3.63) is 89.2 Å². The number of anilines is 1. The van der Waals surface area contributed by atoms with Gasteiger partial charge in [-0.3, -0.25) is 15.0 Å². The molecule has 2 heterocycles. The number of carbonyl (C=O) groups is 2. The van der Waals surface area contributed by atoms with Gasteiger partial charge in [0.1, 0.15) is 17.5 Å². The summed E-state index contributed by atoms with van der Waals surface area (Å²) in [5, 5.41) is 16.3. The Bertz CT molecular complexity index is 1900. The van der Waals surface area contributed by atoms with Gasteiger partial charge in [0.2, 0.25) is 5.82 Å². The fraction of sp³-hybridized carbons (Fsp3) is 0.353. The minimum absolute atomic E-state index is 0.0120. The topological polar surface area (TPSA) is 167 Å². The zero-order valence-electron chi connectivity index (χ0n) is 27.6. The molecule has 1 atom stereocenters.